The Balaban J connectivity index is 2.19. The van der Waals surface area contributed by atoms with Crippen LogP contribution < -0.4 is 11.5 Å². The molecule has 27 heavy (non-hydrogen) atoms. The van der Waals surface area contributed by atoms with Gasteiger partial charge in [0.15, 0.2) is 0 Å². The van der Waals surface area contributed by atoms with Gasteiger partial charge in [-0.2, -0.15) is 17.0 Å². The fourth-order valence-corrected chi connectivity index (χ4v) is 5.35. The van der Waals surface area contributed by atoms with Crippen molar-refractivity contribution in [2.24, 2.45) is 17.4 Å². The number of carbonyl (C=O) groups is 1. The van der Waals surface area contributed by atoms with E-state index in [-0.39, 0.29) is 32.1 Å². The Morgan fingerprint density at radius 3 is 2.44 bits per heavy atom. The van der Waals surface area contributed by atoms with E-state index in [1.54, 1.807) is 0 Å². The van der Waals surface area contributed by atoms with Crippen molar-refractivity contribution in [2.45, 2.75) is 49.6 Å². The topological polar surface area (TPSA) is 170 Å². The fourth-order valence-electron chi connectivity index (χ4n) is 3.42. The molecule has 2 fully saturated rings. The Kier molecular flexibility index (Phi) is 6.82. The summed E-state index contributed by atoms with van der Waals surface area (Å²) in [5.41, 5.74) is 9.68. The van der Waals surface area contributed by atoms with Crippen molar-refractivity contribution in [3.63, 3.8) is 0 Å². The van der Waals surface area contributed by atoms with Gasteiger partial charge in [0.25, 0.3) is 16.6 Å². The molecule has 2 unspecified atom stereocenters. The van der Waals surface area contributed by atoms with Crippen LogP contribution in [0.3, 0.4) is 0 Å². The first-order chi connectivity index (χ1) is 12.4. The van der Waals surface area contributed by atoms with Crippen molar-refractivity contribution in [1.29, 1.82) is 0 Å². The van der Waals surface area contributed by atoms with Crippen LogP contribution in [0.1, 0.15) is 19.3 Å². The van der Waals surface area contributed by atoms with Crippen molar-refractivity contribution < 1.29 is 37.1 Å². The molecule has 10 nitrogen and oxygen atoms in total. The highest BCUT2D eigenvalue weighted by molar-refractivity contribution is 7.86. The summed E-state index contributed by atoms with van der Waals surface area (Å²) in [6.07, 6.45) is -2.31. The van der Waals surface area contributed by atoms with E-state index in [1.807, 2.05) is 0 Å². The molecule has 4 atom stereocenters. The first-order valence-corrected chi connectivity index (χ1v) is 9.98. The van der Waals surface area contributed by atoms with Gasteiger partial charge in [0, 0.05) is 31.1 Å². The zero-order valence-electron chi connectivity index (χ0n) is 14.6. The number of alkyl halides is 2. The maximum atomic E-state index is 12.9. The van der Waals surface area contributed by atoms with Crippen molar-refractivity contribution in [2.75, 3.05) is 19.6 Å². The quantitative estimate of drug-likeness (QED) is 0.252. The summed E-state index contributed by atoms with van der Waals surface area (Å²) in [5.74, 6) is -2.21. The lowest BCUT2D eigenvalue weighted by molar-refractivity contribution is -0.144. The van der Waals surface area contributed by atoms with E-state index in [0.29, 0.717) is 4.31 Å². The molecule has 1 heterocycles. The van der Waals surface area contributed by atoms with Gasteiger partial charge in [-0.3, -0.25) is 4.79 Å². The molecule has 0 radical (unpaired) electrons. The molecule has 0 aromatic carbocycles. The highest BCUT2D eigenvalue weighted by Gasteiger charge is 2.55. The van der Waals surface area contributed by atoms with Gasteiger partial charge in [-0.05, 0) is 19.2 Å². The van der Waals surface area contributed by atoms with Crippen molar-refractivity contribution in [1.82, 2.24) is 8.61 Å². The molecule has 0 aromatic rings. The normalized spacial score (nSPS) is 31.6. The van der Waals surface area contributed by atoms with Crippen LogP contribution in [-0.2, 0) is 15.0 Å². The second-order valence-electron chi connectivity index (χ2n) is 7.18. The molecule has 1 aliphatic heterocycles. The number of hydrogen-bond donors (Lipinski definition) is 5. The Hall–Kier alpha value is -0.895. The average Bonchev–Trinajstić information content (AvgIpc) is 3.14. The van der Waals surface area contributed by atoms with Gasteiger partial charge in [-0.15, -0.1) is 0 Å². The summed E-state index contributed by atoms with van der Waals surface area (Å²) in [7, 11) is -5.95. The molecule has 156 valence electrons. The Morgan fingerprint density at radius 2 is 2.00 bits per heavy atom. The number of hydrogen-bond acceptors (Lipinski definition) is 7. The third-order valence-electron chi connectivity index (χ3n) is 5.12. The monoisotopic (exact) mass is 414 g/mol. The molecule has 14 heteroatoms. The molecule has 0 aromatic heterocycles. The standard InChI is InChI=1S/C13H25BF2N4O6S/c15-11(16)6-20(10-4-9(10)17)27(25,26)19-5-8(2-1-3-14(23)24)13(18,7-19)12(21)22/h8-11,23-24H,1-7,17-18H2,(H,21,22)/t8-,9?,10?,13-/m0/s1. The van der Waals surface area contributed by atoms with Gasteiger partial charge < -0.3 is 26.6 Å². The molecule has 1 saturated carbocycles. The van der Waals surface area contributed by atoms with Gasteiger partial charge in [-0.1, -0.05) is 6.42 Å². The summed E-state index contributed by atoms with van der Waals surface area (Å²) < 4.78 is 52.9. The second kappa shape index (κ2) is 8.23. The number of aliphatic carboxylic acids is 1. The lowest BCUT2D eigenvalue weighted by Gasteiger charge is -2.28. The van der Waals surface area contributed by atoms with Crippen LogP contribution in [0.4, 0.5) is 8.78 Å². The molecular formula is C13H25BF2N4O6S. The SMILES string of the molecule is NC1CC1N(CC(F)F)S(=O)(=O)N1C[C@H](CCCB(O)O)[C@](N)(C(=O)O)C1. The lowest BCUT2D eigenvalue weighted by atomic mass is 9.78. The molecule has 1 aliphatic carbocycles. The van der Waals surface area contributed by atoms with Crippen LogP contribution in [0.25, 0.3) is 0 Å². The first kappa shape index (κ1) is 22.4. The molecule has 0 bridgehead atoms. The van der Waals surface area contributed by atoms with Gasteiger partial charge in [-0.25, -0.2) is 8.78 Å². The largest absolute Gasteiger partial charge is 0.480 e. The van der Waals surface area contributed by atoms with Crippen LogP contribution in [0.2, 0.25) is 6.32 Å². The van der Waals surface area contributed by atoms with Crippen molar-refractivity contribution in [3.8, 4) is 0 Å². The molecule has 2 aliphatic rings. The van der Waals surface area contributed by atoms with E-state index >= 15 is 0 Å². The maximum Gasteiger partial charge on any atom is 0.451 e. The number of nitrogens with two attached hydrogens (primary N) is 2. The van der Waals surface area contributed by atoms with E-state index < -0.39 is 66.4 Å². The van der Waals surface area contributed by atoms with Crippen molar-refractivity contribution >= 4 is 23.3 Å². The number of rotatable bonds is 10. The number of nitrogens with zero attached hydrogens (tertiary/aromatic N) is 2. The number of carboxylic acids is 1. The van der Waals surface area contributed by atoms with Gasteiger partial charge >= 0.3 is 13.1 Å². The Labute approximate surface area is 156 Å². The second-order valence-corrected chi connectivity index (χ2v) is 9.06. The van der Waals surface area contributed by atoms with Crippen LogP contribution >= 0.6 is 0 Å². The minimum absolute atomic E-state index is 0.0205. The van der Waals surface area contributed by atoms with Gasteiger partial charge in [0.05, 0.1) is 6.54 Å². The lowest BCUT2D eigenvalue weighted by Crippen LogP contribution is -2.56. The highest BCUT2D eigenvalue weighted by Crippen LogP contribution is 2.36. The minimum atomic E-state index is -4.38. The predicted molar refractivity (Wildman–Crippen MR) is 91.9 cm³/mol. The third kappa shape index (κ3) is 4.94. The first-order valence-electron chi connectivity index (χ1n) is 8.58. The van der Waals surface area contributed by atoms with Crippen LogP contribution in [0, 0.1) is 5.92 Å². The summed E-state index contributed by atoms with van der Waals surface area (Å²) in [4.78, 5) is 11.7. The van der Waals surface area contributed by atoms with E-state index in [2.05, 4.69) is 0 Å². The van der Waals surface area contributed by atoms with E-state index in [9.17, 15) is 27.1 Å². The number of carboxylic acid groups (broad SMARTS) is 1. The summed E-state index contributed by atoms with van der Waals surface area (Å²) in [5, 5.41) is 27.3. The molecular weight excluding hydrogens is 389 g/mol. The zero-order chi connectivity index (χ0) is 20.6. The van der Waals surface area contributed by atoms with E-state index in [1.165, 1.54) is 0 Å². The Bertz CT molecular complexity index is 657. The predicted octanol–water partition coefficient (Wildman–Crippen LogP) is -2.14. The fraction of sp³-hybridized carbons (Fsp3) is 0.923. The highest BCUT2D eigenvalue weighted by atomic mass is 32.2. The van der Waals surface area contributed by atoms with E-state index in [4.69, 9.17) is 21.5 Å². The molecule has 1 saturated heterocycles. The molecule has 2 rings (SSSR count). The van der Waals surface area contributed by atoms with E-state index in [0.717, 1.165) is 4.31 Å². The molecule has 0 spiro atoms. The van der Waals surface area contributed by atoms with Crippen LogP contribution in [0.15, 0.2) is 0 Å². The third-order valence-corrected chi connectivity index (χ3v) is 7.06. The summed E-state index contributed by atoms with van der Waals surface area (Å²) in [6, 6.07) is -1.28. The Morgan fingerprint density at radius 1 is 1.41 bits per heavy atom. The minimum Gasteiger partial charge on any atom is -0.480 e. The smallest absolute Gasteiger partial charge is 0.451 e. The number of halogens is 2. The van der Waals surface area contributed by atoms with Gasteiger partial charge in [0.1, 0.15) is 5.54 Å². The summed E-state index contributed by atoms with van der Waals surface area (Å²) >= 11 is 0. The maximum absolute atomic E-state index is 12.9. The molecule has 7 N–H and O–H groups in total. The van der Waals surface area contributed by atoms with Crippen LogP contribution in [0.5, 0.6) is 0 Å². The zero-order valence-corrected chi connectivity index (χ0v) is 15.4. The summed E-state index contributed by atoms with van der Waals surface area (Å²) in [6.45, 7) is -1.84. The molecule has 0 amide bonds. The van der Waals surface area contributed by atoms with Gasteiger partial charge in [0.2, 0.25) is 0 Å². The van der Waals surface area contributed by atoms with Crippen molar-refractivity contribution in [3.05, 3.63) is 0 Å². The average molecular weight is 414 g/mol. The van der Waals surface area contributed by atoms with Crippen LogP contribution in [-0.4, -0.2) is 89.0 Å².